The molecule has 0 saturated heterocycles. The second kappa shape index (κ2) is 5.34. The van der Waals surface area contributed by atoms with Gasteiger partial charge in [0.25, 0.3) is 0 Å². The zero-order valence-corrected chi connectivity index (χ0v) is 12.1. The first-order valence-electron chi connectivity index (χ1n) is 6.43. The van der Waals surface area contributed by atoms with Crippen LogP contribution in [0, 0.1) is 11.3 Å². The number of hydrogen-bond donors (Lipinski definition) is 1. The van der Waals surface area contributed by atoms with Gasteiger partial charge in [0, 0.05) is 22.2 Å². The lowest BCUT2D eigenvalue weighted by atomic mass is 10.1. The van der Waals surface area contributed by atoms with Crippen LogP contribution in [-0.2, 0) is 6.54 Å². The highest BCUT2D eigenvalue weighted by Crippen LogP contribution is 2.34. The highest BCUT2D eigenvalue weighted by atomic mass is 32.2. The molecule has 1 N–H and O–H groups in total. The van der Waals surface area contributed by atoms with E-state index in [0.29, 0.717) is 6.04 Å². The lowest BCUT2D eigenvalue weighted by Crippen LogP contribution is -2.15. The molecule has 0 bridgehead atoms. The Kier molecular flexibility index (Phi) is 3.99. The maximum absolute atomic E-state index is 9.25. The SMILES string of the molecule is CC(C)(C)Sc1ccc(CNC2CC2)cc1C#N. The highest BCUT2D eigenvalue weighted by Gasteiger charge is 2.20. The number of rotatable bonds is 4. The molecule has 0 aromatic heterocycles. The summed E-state index contributed by atoms with van der Waals surface area (Å²) >= 11 is 1.75. The number of benzene rings is 1. The second-order valence-corrected chi connectivity index (χ2v) is 7.68. The Bertz CT molecular complexity index is 464. The molecule has 0 atom stereocenters. The van der Waals surface area contributed by atoms with Gasteiger partial charge in [-0.15, -0.1) is 11.8 Å². The highest BCUT2D eigenvalue weighted by molar-refractivity contribution is 8.00. The largest absolute Gasteiger partial charge is 0.310 e. The van der Waals surface area contributed by atoms with Gasteiger partial charge >= 0.3 is 0 Å². The van der Waals surface area contributed by atoms with E-state index in [-0.39, 0.29) is 4.75 Å². The average molecular weight is 260 g/mol. The lowest BCUT2D eigenvalue weighted by Gasteiger charge is -2.18. The van der Waals surface area contributed by atoms with Crippen LogP contribution in [0.4, 0.5) is 0 Å². The number of nitrogens with one attached hydrogen (secondary N) is 1. The molecule has 0 radical (unpaired) electrons. The normalized spacial score (nSPS) is 15.4. The fourth-order valence-electron chi connectivity index (χ4n) is 1.74. The smallest absolute Gasteiger partial charge is 0.100 e. The molecule has 0 amide bonds. The van der Waals surface area contributed by atoms with Crippen molar-refractivity contribution in [2.45, 2.75) is 55.8 Å². The molecule has 3 heteroatoms. The minimum Gasteiger partial charge on any atom is -0.310 e. The molecule has 1 aromatic rings. The van der Waals surface area contributed by atoms with Crippen molar-refractivity contribution in [3.8, 4) is 6.07 Å². The van der Waals surface area contributed by atoms with Crippen LogP contribution in [0.5, 0.6) is 0 Å². The van der Waals surface area contributed by atoms with Crippen molar-refractivity contribution >= 4 is 11.8 Å². The molecule has 1 aliphatic carbocycles. The second-order valence-electron chi connectivity index (χ2n) is 5.81. The Balaban J connectivity index is 2.09. The first kappa shape index (κ1) is 13.5. The molecule has 2 nitrogen and oxygen atoms in total. The van der Waals surface area contributed by atoms with Crippen LogP contribution in [0.1, 0.15) is 44.7 Å². The van der Waals surface area contributed by atoms with Crippen molar-refractivity contribution < 1.29 is 0 Å². The molecule has 2 rings (SSSR count). The molecule has 0 aliphatic heterocycles. The zero-order valence-electron chi connectivity index (χ0n) is 11.3. The molecule has 1 aliphatic rings. The molecule has 0 spiro atoms. The van der Waals surface area contributed by atoms with E-state index >= 15 is 0 Å². The third kappa shape index (κ3) is 4.04. The predicted molar refractivity (Wildman–Crippen MR) is 76.6 cm³/mol. The third-order valence-electron chi connectivity index (χ3n) is 2.75. The van der Waals surface area contributed by atoms with Gasteiger partial charge < -0.3 is 5.32 Å². The maximum atomic E-state index is 9.25. The lowest BCUT2D eigenvalue weighted by molar-refractivity contribution is 0.687. The van der Waals surface area contributed by atoms with Gasteiger partial charge in [0.1, 0.15) is 6.07 Å². The summed E-state index contributed by atoms with van der Waals surface area (Å²) in [6.07, 6.45) is 2.59. The van der Waals surface area contributed by atoms with Crippen LogP contribution in [0.3, 0.4) is 0 Å². The number of thioether (sulfide) groups is 1. The molecule has 1 fully saturated rings. The van der Waals surface area contributed by atoms with E-state index in [4.69, 9.17) is 0 Å². The maximum Gasteiger partial charge on any atom is 0.100 e. The molecule has 0 unspecified atom stereocenters. The van der Waals surface area contributed by atoms with Gasteiger partial charge in [-0.1, -0.05) is 26.8 Å². The number of nitriles is 1. The Morgan fingerprint density at radius 1 is 1.39 bits per heavy atom. The topological polar surface area (TPSA) is 35.8 Å². The fourth-order valence-corrected chi connectivity index (χ4v) is 2.75. The molecule has 18 heavy (non-hydrogen) atoms. The summed E-state index contributed by atoms with van der Waals surface area (Å²) in [5.41, 5.74) is 2.00. The first-order chi connectivity index (χ1) is 8.48. The summed E-state index contributed by atoms with van der Waals surface area (Å²) in [5.74, 6) is 0. The fraction of sp³-hybridized carbons (Fsp3) is 0.533. The zero-order chi connectivity index (χ0) is 13.2. The number of hydrogen-bond acceptors (Lipinski definition) is 3. The van der Waals surface area contributed by atoms with Crippen molar-refractivity contribution in [3.63, 3.8) is 0 Å². The molecule has 0 heterocycles. The van der Waals surface area contributed by atoms with Crippen LogP contribution in [0.25, 0.3) is 0 Å². The summed E-state index contributed by atoms with van der Waals surface area (Å²) < 4.78 is 0.138. The van der Waals surface area contributed by atoms with E-state index in [9.17, 15) is 5.26 Å². The Hall–Kier alpha value is -0.980. The Morgan fingerprint density at radius 2 is 2.11 bits per heavy atom. The summed E-state index contributed by atoms with van der Waals surface area (Å²) in [6, 6.07) is 9.25. The van der Waals surface area contributed by atoms with Crippen molar-refractivity contribution in [2.24, 2.45) is 0 Å². The summed E-state index contributed by atoms with van der Waals surface area (Å²) in [6.45, 7) is 7.38. The van der Waals surface area contributed by atoms with Crippen LogP contribution < -0.4 is 5.32 Å². The molecule has 1 aromatic carbocycles. The van der Waals surface area contributed by atoms with Gasteiger partial charge in [0.15, 0.2) is 0 Å². The van der Waals surface area contributed by atoms with E-state index in [1.807, 2.05) is 6.07 Å². The van der Waals surface area contributed by atoms with Crippen molar-refractivity contribution in [2.75, 3.05) is 0 Å². The molecular weight excluding hydrogens is 240 g/mol. The van der Waals surface area contributed by atoms with Crippen molar-refractivity contribution in [1.29, 1.82) is 5.26 Å². The van der Waals surface area contributed by atoms with Gasteiger partial charge in [0.05, 0.1) is 5.56 Å². The predicted octanol–water partition coefficient (Wildman–Crippen LogP) is 3.70. The van der Waals surface area contributed by atoms with E-state index in [0.717, 1.165) is 17.0 Å². The van der Waals surface area contributed by atoms with Crippen LogP contribution in [0.15, 0.2) is 23.1 Å². The van der Waals surface area contributed by atoms with E-state index in [1.165, 1.54) is 18.4 Å². The minimum atomic E-state index is 0.138. The summed E-state index contributed by atoms with van der Waals surface area (Å²) in [5, 5.41) is 12.7. The van der Waals surface area contributed by atoms with Crippen LogP contribution >= 0.6 is 11.8 Å². The van der Waals surface area contributed by atoms with Gasteiger partial charge in [0.2, 0.25) is 0 Å². The van der Waals surface area contributed by atoms with Gasteiger partial charge in [-0.05, 0) is 30.5 Å². The number of nitrogens with zero attached hydrogens (tertiary/aromatic N) is 1. The third-order valence-corrected chi connectivity index (χ3v) is 3.94. The van der Waals surface area contributed by atoms with Gasteiger partial charge in [-0.25, -0.2) is 0 Å². The average Bonchev–Trinajstić information content (AvgIpc) is 3.09. The Morgan fingerprint density at radius 3 is 2.67 bits per heavy atom. The minimum absolute atomic E-state index is 0.138. The van der Waals surface area contributed by atoms with Gasteiger partial charge in [-0.3, -0.25) is 0 Å². The summed E-state index contributed by atoms with van der Waals surface area (Å²) in [4.78, 5) is 1.08. The van der Waals surface area contributed by atoms with Crippen LogP contribution in [-0.4, -0.2) is 10.8 Å². The van der Waals surface area contributed by atoms with Gasteiger partial charge in [-0.2, -0.15) is 5.26 Å². The summed E-state index contributed by atoms with van der Waals surface area (Å²) in [7, 11) is 0. The molecule has 1 saturated carbocycles. The molecular formula is C15H20N2S. The van der Waals surface area contributed by atoms with E-state index < -0.39 is 0 Å². The van der Waals surface area contributed by atoms with Crippen LogP contribution in [0.2, 0.25) is 0 Å². The first-order valence-corrected chi connectivity index (χ1v) is 7.25. The molecule has 96 valence electrons. The van der Waals surface area contributed by atoms with E-state index in [1.54, 1.807) is 11.8 Å². The van der Waals surface area contributed by atoms with Crippen molar-refractivity contribution in [3.05, 3.63) is 29.3 Å². The monoisotopic (exact) mass is 260 g/mol. The van der Waals surface area contributed by atoms with Crippen molar-refractivity contribution in [1.82, 2.24) is 5.32 Å². The quantitative estimate of drug-likeness (QED) is 0.838. The Labute approximate surface area is 114 Å². The van der Waals surface area contributed by atoms with E-state index in [2.05, 4.69) is 44.3 Å². The standard InChI is InChI=1S/C15H20N2S/c1-15(2,3)18-14-7-4-11(8-12(14)9-16)10-17-13-5-6-13/h4,7-8,13,17H,5-6,10H2,1-3H3.